The minimum absolute atomic E-state index is 0.227. The molecule has 4 heteroatoms. The maximum atomic E-state index is 7.01. The van der Waals surface area contributed by atoms with Crippen molar-refractivity contribution in [2.75, 3.05) is 0 Å². The van der Waals surface area contributed by atoms with Gasteiger partial charge in [0.2, 0.25) is 0 Å². The largest absolute Gasteiger partial charge is 0.388 e. The van der Waals surface area contributed by atoms with Crippen LogP contribution in [0.3, 0.4) is 0 Å². The third-order valence-corrected chi connectivity index (χ3v) is 1.60. The summed E-state index contributed by atoms with van der Waals surface area (Å²) in [5.41, 5.74) is 7.41. The van der Waals surface area contributed by atoms with Crippen LogP contribution < -0.4 is 5.73 Å². The number of aryl methyl sites for hydroxylation is 2. The standard InChI is InChI=1S/C7H12N4/c1-5-6(4-10-11-5)2-3-7(8)9/h4H,2-3H2,1H3,(H3,8,9)(H,10,11). The molecule has 0 saturated carbocycles. The number of aromatic nitrogens is 2. The molecule has 1 aromatic rings. The Morgan fingerprint density at radius 1 is 1.82 bits per heavy atom. The molecule has 1 rings (SSSR count). The number of nitrogens with two attached hydrogens (primary N) is 1. The molecule has 0 fully saturated rings. The first-order valence-electron chi connectivity index (χ1n) is 3.52. The Morgan fingerprint density at radius 2 is 2.55 bits per heavy atom. The van der Waals surface area contributed by atoms with Crippen molar-refractivity contribution in [3.05, 3.63) is 17.5 Å². The van der Waals surface area contributed by atoms with Crippen molar-refractivity contribution in [3.8, 4) is 0 Å². The number of H-pyrrole nitrogens is 1. The van der Waals surface area contributed by atoms with Gasteiger partial charge in [0.15, 0.2) is 0 Å². The fraction of sp³-hybridized carbons (Fsp3) is 0.429. The van der Waals surface area contributed by atoms with Crippen molar-refractivity contribution in [2.45, 2.75) is 19.8 Å². The first-order valence-corrected chi connectivity index (χ1v) is 3.52. The summed E-state index contributed by atoms with van der Waals surface area (Å²) in [5, 5.41) is 13.7. The van der Waals surface area contributed by atoms with Crippen molar-refractivity contribution < 1.29 is 0 Å². The second-order valence-corrected chi connectivity index (χ2v) is 2.55. The molecule has 0 atom stereocenters. The molecule has 0 aliphatic carbocycles. The van der Waals surface area contributed by atoms with E-state index in [9.17, 15) is 0 Å². The summed E-state index contributed by atoms with van der Waals surface area (Å²) in [6, 6.07) is 0. The van der Waals surface area contributed by atoms with Crippen LogP contribution in [0.15, 0.2) is 6.20 Å². The fourth-order valence-corrected chi connectivity index (χ4v) is 0.897. The summed E-state index contributed by atoms with van der Waals surface area (Å²) in [5.74, 6) is 0.227. The molecule has 0 saturated heterocycles. The van der Waals surface area contributed by atoms with Crippen LogP contribution in [0.25, 0.3) is 0 Å². The van der Waals surface area contributed by atoms with Crippen molar-refractivity contribution >= 4 is 5.84 Å². The van der Waals surface area contributed by atoms with E-state index in [1.807, 2.05) is 6.92 Å². The van der Waals surface area contributed by atoms with E-state index in [-0.39, 0.29) is 5.84 Å². The normalized spacial score (nSPS) is 9.91. The molecular formula is C7H12N4. The van der Waals surface area contributed by atoms with Crippen molar-refractivity contribution in [1.29, 1.82) is 5.41 Å². The SMILES string of the molecule is Cc1[nH]ncc1CCC(=N)N. The Labute approximate surface area is 65.3 Å². The molecule has 0 spiro atoms. The van der Waals surface area contributed by atoms with Crippen LogP contribution in [0, 0.1) is 12.3 Å². The lowest BCUT2D eigenvalue weighted by Crippen LogP contribution is -2.10. The zero-order chi connectivity index (χ0) is 8.27. The lowest BCUT2D eigenvalue weighted by atomic mass is 10.1. The number of nitrogens with one attached hydrogen (secondary N) is 2. The molecule has 1 heterocycles. The van der Waals surface area contributed by atoms with Gasteiger partial charge < -0.3 is 5.73 Å². The molecular weight excluding hydrogens is 140 g/mol. The molecule has 11 heavy (non-hydrogen) atoms. The minimum Gasteiger partial charge on any atom is -0.388 e. The smallest absolute Gasteiger partial charge is 0.0908 e. The van der Waals surface area contributed by atoms with Crippen LogP contribution in [0.5, 0.6) is 0 Å². The van der Waals surface area contributed by atoms with Crippen molar-refractivity contribution in [3.63, 3.8) is 0 Å². The Hall–Kier alpha value is -1.32. The average Bonchev–Trinajstić information content (AvgIpc) is 2.31. The van der Waals surface area contributed by atoms with E-state index in [0.717, 1.165) is 17.7 Å². The van der Waals surface area contributed by atoms with Crippen LogP contribution in [0.4, 0.5) is 0 Å². The molecule has 0 bridgehead atoms. The highest BCUT2D eigenvalue weighted by Crippen LogP contribution is 2.04. The van der Waals surface area contributed by atoms with Gasteiger partial charge in [-0.05, 0) is 18.9 Å². The van der Waals surface area contributed by atoms with Crippen LogP contribution in [-0.2, 0) is 6.42 Å². The fourth-order valence-electron chi connectivity index (χ4n) is 0.897. The van der Waals surface area contributed by atoms with Gasteiger partial charge in [-0.3, -0.25) is 10.5 Å². The number of rotatable bonds is 3. The monoisotopic (exact) mass is 152 g/mol. The molecule has 0 radical (unpaired) electrons. The van der Waals surface area contributed by atoms with Crippen LogP contribution >= 0.6 is 0 Å². The average molecular weight is 152 g/mol. The second-order valence-electron chi connectivity index (χ2n) is 2.55. The molecule has 1 aromatic heterocycles. The van der Waals surface area contributed by atoms with Gasteiger partial charge in [0, 0.05) is 12.1 Å². The van der Waals surface area contributed by atoms with Gasteiger partial charge in [-0.15, -0.1) is 0 Å². The Morgan fingerprint density at radius 3 is 3.00 bits per heavy atom. The lowest BCUT2D eigenvalue weighted by Gasteiger charge is -1.96. The van der Waals surface area contributed by atoms with Gasteiger partial charge in [0.1, 0.15) is 0 Å². The molecule has 60 valence electrons. The molecule has 0 aliphatic heterocycles. The Kier molecular flexibility index (Phi) is 2.25. The van der Waals surface area contributed by atoms with Crippen LogP contribution in [0.2, 0.25) is 0 Å². The van der Waals surface area contributed by atoms with E-state index in [0.29, 0.717) is 6.42 Å². The van der Waals surface area contributed by atoms with Gasteiger partial charge in [-0.1, -0.05) is 0 Å². The number of aromatic amines is 1. The third kappa shape index (κ3) is 2.07. The quantitative estimate of drug-likeness (QED) is 0.437. The van der Waals surface area contributed by atoms with Gasteiger partial charge in [0.25, 0.3) is 0 Å². The molecule has 0 amide bonds. The number of hydrogen-bond donors (Lipinski definition) is 3. The Bertz CT molecular complexity index is 251. The maximum absolute atomic E-state index is 7.01. The highest BCUT2D eigenvalue weighted by molar-refractivity contribution is 5.77. The number of amidine groups is 1. The van der Waals surface area contributed by atoms with Crippen molar-refractivity contribution in [1.82, 2.24) is 10.2 Å². The van der Waals surface area contributed by atoms with Gasteiger partial charge in [-0.2, -0.15) is 5.10 Å². The molecule has 4 nitrogen and oxygen atoms in total. The van der Waals surface area contributed by atoms with E-state index in [1.54, 1.807) is 6.20 Å². The van der Waals surface area contributed by atoms with Gasteiger partial charge >= 0.3 is 0 Å². The maximum Gasteiger partial charge on any atom is 0.0908 e. The van der Waals surface area contributed by atoms with E-state index < -0.39 is 0 Å². The minimum atomic E-state index is 0.227. The third-order valence-electron chi connectivity index (χ3n) is 1.60. The van der Waals surface area contributed by atoms with Crippen LogP contribution in [-0.4, -0.2) is 16.0 Å². The topological polar surface area (TPSA) is 78.5 Å². The summed E-state index contributed by atoms with van der Waals surface area (Å²) in [6.07, 6.45) is 3.19. The van der Waals surface area contributed by atoms with Crippen LogP contribution in [0.1, 0.15) is 17.7 Å². The highest BCUT2D eigenvalue weighted by atomic mass is 15.1. The summed E-state index contributed by atoms with van der Waals surface area (Å²) < 4.78 is 0. The van der Waals surface area contributed by atoms with E-state index in [2.05, 4.69) is 10.2 Å². The first-order chi connectivity index (χ1) is 5.20. The summed E-state index contributed by atoms with van der Waals surface area (Å²) >= 11 is 0. The van der Waals surface area contributed by atoms with Gasteiger partial charge in [0.05, 0.1) is 12.0 Å². The molecule has 0 aromatic carbocycles. The zero-order valence-corrected chi connectivity index (χ0v) is 6.52. The number of nitrogens with zero attached hydrogens (tertiary/aromatic N) is 1. The number of hydrogen-bond acceptors (Lipinski definition) is 2. The summed E-state index contributed by atoms with van der Waals surface area (Å²) in [7, 11) is 0. The molecule has 0 unspecified atom stereocenters. The van der Waals surface area contributed by atoms with E-state index in [4.69, 9.17) is 11.1 Å². The Balaban J connectivity index is 2.51. The second kappa shape index (κ2) is 3.18. The zero-order valence-electron chi connectivity index (χ0n) is 6.52. The summed E-state index contributed by atoms with van der Waals surface area (Å²) in [4.78, 5) is 0. The van der Waals surface area contributed by atoms with E-state index in [1.165, 1.54) is 0 Å². The predicted octanol–water partition coefficient (Wildman–Crippen LogP) is 0.587. The van der Waals surface area contributed by atoms with Crippen molar-refractivity contribution in [2.24, 2.45) is 5.73 Å². The molecule has 4 N–H and O–H groups in total. The highest BCUT2D eigenvalue weighted by Gasteiger charge is 1.99. The summed E-state index contributed by atoms with van der Waals surface area (Å²) in [6.45, 7) is 1.96. The first kappa shape index (κ1) is 7.78. The molecule has 0 aliphatic rings. The predicted molar refractivity (Wildman–Crippen MR) is 43.6 cm³/mol. The van der Waals surface area contributed by atoms with E-state index >= 15 is 0 Å². The lowest BCUT2D eigenvalue weighted by molar-refractivity contribution is 0.997. The van der Waals surface area contributed by atoms with Gasteiger partial charge in [-0.25, -0.2) is 0 Å².